The number of imidazole rings is 1. The van der Waals surface area contributed by atoms with E-state index < -0.39 is 0 Å². The van der Waals surface area contributed by atoms with Crippen molar-refractivity contribution in [2.45, 2.75) is 13.5 Å². The Morgan fingerprint density at radius 1 is 1.42 bits per heavy atom. The largest absolute Gasteiger partial charge is 0.342 e. The summed E-state index contributed by atoms with van der Waals surface area (Å²) in [5, 5.41) is 4.41. The molecule has 0 fully saturated rings. The average Bonchev–Trinajstić information content (AvgIpc) is 2.87. The second-order valence-electron chi connectivity index (χ2n) is 4.49. The Bertz CT molecular complexity index is 756. The van der Waals surface area contributed by atoms with E-state index in [4.69, 9.17) is 5.73 Å². The number of benzene rings is 1. The van der Waals surface area contributed by atoms with Crippen molar-refractivity contribution in [3.63, 3.8) is 0 Å². The number of nitrogens with two attached hydrogens (primary N) is 1. The molecule has 6 heteroatoms. The van der Waals surface area contributed by atoms with Gasteiger partial charge in [0.15, 0.2) is 0 Å². The van der Waals surface area contributed by atoms with Crippen LogP contribution >= 0.6 is 15.9 Å². The van der Waals surface area contributed by atoms with Crippen molar-refractivity contribution in [1.29, 1.82) is 0 Å². The van der Waals surface area contributed by atoms with Gasteiger partial charge in [-0.1, -0.05) is 6.07 Å². The highest BCUT2D eigenvalue weighted by molar-refractivity contribution is 9.10. The lowest BCUT2D eigenvalue weighted by molar-refractivity contribution is 0.749. The van der Waals surface area contributed by atoms with Crippen molar-refractivity contribution in [3.05, 3.63) is 34.2 Å². The third-order valence-electron chi connectivity index (χ3n) is 3.12. The minimum Gasteiger partial charge on any atom is -0.342 e. The Balaban J connectivity index is 2.21. The van der Waals surface area contributed by atoms with Crippen LogP contribution < -0.4 is 5.73 Å². The second-order valence-corrected chi connectivity index (χ2v) is 5.28. The van der Waals surface area contributed by atoms with Crippen LogP contribution in [0.2, 0.25) is 0 Å². The standard InChI is InChI=1S/C13H14BrN5/c1-7-16-9-4-3-8(5-10(9)17-7)13-12(14)11(6-15)18-19(13)2/h3-5H,6,15H2,1-2H3,(H,16,17). The first-order valence-electron chi connectivity index (χ1n) is 5.98. The number of aromatic amines is 1. The van der Waals surface area contributed by atoms with E-state index in [-0.39, 0.29) is 0 Å². The van der Waals surface area contributed by atoms with E-state index in [9.17, 15) is 0 Å². The Kier molecular flexibility index (Phi) is 2.91. The molecule has 1 aromatic carbocycles. The molecule has 3 aromatic rings. The Morgan fingerprint density at radius 3 is 2.89 bits per heavy atom. The fraction of sp³-hybridized carbons (Fsp3) is 0.231. The van der Waals surface area contributed by atoms with Gasteiger partial charge in [-0.15, -0.1) is 0 Å². The summed E-state index contributed by atoms with van der Waals surface area (Å²) in [5.74, 6) is 0.916. The number of H-pyrrole nitrogens is 1. The molecule has 0 saturated heterocycles. The highest BCUT2D eigenvalue weighted by Crippen LogP contribution is 2.31. The molecule has 19 heavy (non-hydrogen) atoms. The van der Waals surface area contributed by atoms with Gasteiger partial charge >= 0.3 is 0 Å². The van der Waals surface area contributed by atoms with E-state index in [0.29, 0.717) is 6.54 Å². The average molecular weight is 320 g/mol. The topological polar surface area (TPSA) is 72.5 Å². The van der Waals surface area contributed by atoms with Crippen LogP contribution in [0.5, 0.6) is 0 Å². The van der Waals surface area contributed by atoms with Gasteiger partial charge in [0.05, 0.1) is 26.9 Å². The minimum atomic E-state index is 0.417. The molecule has 98 valence electrons. The molecule has 0 aliphatic rings. The smallest absolute Gasteiger partial charge is 0.104 e. The number of nitrogens with one attached hydrogen (secondary N) is 1. The normalized spacial score (nSPS) is 11.4. The Labute approximate surface area is 119 Å². The zero-order valence-corrected chi connectivity index (χ0v) is 12.3. The first-order valence-corrected chi connectivity index (χ1v) is 6.77. The molecule has 0 radical (unpaired) electrons. The highest BCUT2D eigenvalue weighted by Gasteiger charge is 2.15. The first-order chi connectivity index (χ1) is 9.10. The molecule has 0 aliphatic heterocycles. The van der Waals surface area contributed by atoms with E-state index >= 15 is 0 Å². The van der Waals surface area contributed by atoms with Crippen molar-refractivity contribution in [2.24, 2.45) is 12.8 Å². The highest BCUT2D eigenvalue weighted by atomic mass is 79.9. The van der Waals surface area contributed by atoms with Crippen LogP contribution in [0.25, 0.3) is 22.3 Å². The number of nitrogens with zero attached hydrogens (tertiary/aromatic N) is 3. The zero-order chi connectivity index (χ0) is 13.6. The summed E-state index contributed by atoms with van der Waals surface area (Å²) in [4.78, 5) is 7.65. The van der Waals surface area contributed by atoms with E-state index in [1.165, 1.54) is 0 Å². The van der Waals surface area contributed by atoms with Gasteiger partial charge in [-0.05, 0) is 35.0 Å². The molecule has 0 spiro atoms. The number of fused-ring (bicyclic) bond motifs is 1. The van der Waals surface area contributed by atoms with Crippen LogP contribution in [0.15, 0.2) is 22.7 Å². The maximum absolute atomic E-state index is 5.68. The number of aryl methyl sites for hydroxylation is 2. The van der Waals surface area contributed by atoms with Gasteiger partial charge in [0.2, 0.25) is 0 Å². The maximum atomic E-state index is 5.68. The number of hydrogen-bond acceptors (Lipinski definition) is 3. The summed E-state index contributed by atoms with van der Waals surface area (Å²) < 4.78 is 2.80. The van der Waals surface area contributed by atoms with Crippen molar-refractivity contribution in [1.82, 2.24) is 19.7 Å². The molecule has 5 nitrogen and oxygen atoms in total. The molecule has 3 rings (SSSR count). The maximum Gasteiger partial charge on any atom is 0.104 e. The van der Waals surface area contributed by atoms with Crippen molar-refractivity contribution >= 4 is 27.0 Å². The van der Waals surface area contributed by atoms with E-state index in [0.717, 1.165) is 38.3 Å². The Hall–Kier alpha value is -1.66. The summed E-state index contributed by atoms with van der Waals surface area (Å²) >= 11 is 3.58. The number of hydrogen-bond donors (Lipinski definition) is 2. The molecule has 0 bridgehead atoms. The fourth-order valence-corrected chi connectivity index (χ4v) is 3.01. The van der Waals surface area contributed by atoms with E-state index in [1.807, 2.05) is 30.8 Å². The molecular formula is C13H14BrN5. The molecule has 2 aromatic heterocycles. The predicted octanol–water partition coefficient (Wildman–Crippen LogP) is 2.49. The fourth-order valence-electron chi connectivity index (χ4n) is 2.28. The van der Waals surface area contributed by atoms with Crippen LogP contribution in [0, 0.1) is 6.92 Å². The molecule has 0 aliphatic carbocycles. The molecule has 0 atom stereocenters. The van der Waals surface area contributed by atoms with Crippen LogP contribution in [0.1, 0.15) is 11.5 Å². The monoisotopic (exact) mass is 319 g/mol. The van der Waals surface area contributed by atoms with Crippen LogP contribution in [0.3, 0.4) is 0 Å². The third-order valence-corrected chi connectivity index (χ3v) is 3.96. The lowest BCUT2D eigenvalue weighted by atomic mass is 10.1. The Morgan fingerprint density at radius 2 is 2.21 bits per heavy atom. The third kappa shape index (κ3) is 1.97. The van der Waals surface area contributed by atoms with Gasteiger partial charge < -0.3 is 10.7 Å². The minimum absolute atomic E-state index is 0.417. The van der Waals surface area contributed by atoms with Gasteiger partial charge in [0.25, 0.3) is 0 Å². The zero-order valence-electron chi connectivity index (χ0n) is 10.7. The molecule has 0 unspecified atom stereocenters. The number of rotatable bonds is 2. The molecule has 0 amide bonds. The van der Waals surface area contributed by atoms with Crippen molar-refractivity contribution < 1.29 is 0 Å². The van der Waals surface area contributed by atoms with Crippen LogP contribution in [0.4, 0.5) is 0 Å². The summed E-state index contributed by atoms with van der Waals surface area (Å²) in [6.07, 6.45) is 0. The molecule has 2 heterocycles. The van der Waals surface area contributed by atoms with Crippen LogP contribution in [-0.2, 0) is 13.6 Å². The van der Waals surface area contributed by atoms with Crippen molar-refractivity contribution in [3.8, 4) is 11.3 Å². The van der Waals surface area contributed by atoms with Gasteiger partial charge in [0, 0.05) is 19.2 Å². The van der Waals surface area contributed by atoms with Gasteiger partial charge in [-0.3, -0.25) is 4.68 Å². The predicted molar refractivity (Wildman–Crippen MR) is 78.6 cm³/mol. The van der Waals surface area contributed by atoms with Crippen LogP contribution in [-0.4, -0.2) is 19.7 Å². The SMILES string of the molecule is Cc1nc2ccc(-c3c(Br)c(CN)nn3C)cc2[nH]1. The molecule has 0 saturated carbocycles. The summed E-state index contributed by atoms with van der Waals surface area (Å²) in [6.45, 7) is 2.37. The van der Waals surface area contributed by atoms with Gasteiger partial charge in [0.1, 0.15) is 5.82 Å². The van der Waals surface area contributed by atoms with E-state index in [2.05, 4.69) is 37.1 Å². The lowest BCUT2D eigenvalue weighted by Gasteiger charge is -2.03. The second kappa shape index (κ2) is 4.47. The quantitative estimate of drug-likeness (QED) is 0.762. The first kappa shape index (κ1) is 12.4. The number of halogens is 1. The number of aromatic nitrogens is 4. The van der Waals surface area contributed by atoms with Gasteiger partial charge in [-0.25, -0.2) is 4.98 Å². The van der Waals surface area contributed by atoms with Gasteiger partial charge in [-0.2, -0.15) is 5.10 Å². The van der Waals surface area contributed by atoms with E-state index in [1.54, 1.807) is 0 Å². The lowest BCUT2D eigenvalue weighted by Crippen LogP contribution is -1.99. The summed E-state index contributed by atoms with van der Waals surface area (Å²) in [5.41, 5.74) is 10.6. The summed E-state index contributed by atoms with van der Waals surface area (Å²) in [6, 6.07) is 6.14. The van der Waals surface area contributed by atoms with Crippen molar-refractivity contribution in [2.75, 3.05) is 0 Å². The summed E-state index contributed by atoms with van der Waals surface area (Å²) in [7, 11) is 1.92. The molecule has 3 N–H and O–H groups in total. The molecular weight excluding hydrogens is 306 g/mol.